The van der Waals surface area contributed by atoms with E-state index >= 15 is 0 Å². The maximum absolute atomic E-state index is 9.26. The van der Waals surface area contributed by atoms with E-state index in [2.05, 4.69) is 52.1 Å². The van der Waals surface area contributed by atoms with Crippen LogP contribution in [0.15, 0.2) is 24.4 Å². The van der Waals surface area contributed by atoms with Crippen LogP contribution in [0.2, 0.25) is 0 Å². The fourth-order valence-electron chi connectivity index (χ4n) is 3.15. The lowest BCUT2D eigenvalue weighted by Gasteiger charge is -2.44. The van der Waals surface area contributed by atoms with Gasteiger partial charge in [0.25, 0.3) is 0 Å². The van der Waals surface area contributed by atoms with Crippen LogP contribution in [-0.2, 0) is 5.41 Å². The van der Waals surface area contributed by atoms with Gasteiger partial charge in [-0.05, 0) is 18.2 Å². The minimum atomic E-state index is -0.136. The second kappa shape index (κ2) is 6.16. The molecule has 4 rings (SSSR count). The van der Waals surface area contributed by atoms with Crippen LogP contribution in [-0.4, -0.2) is 56.2 Å². The van der Waals surface area contributed by atoms with E-state index in [1.807, 2.05) is 28.6 Å². The van der Waals surface area contributed by atoms with E-state index in [1.165, 1.54) is 6.20 Å². The highest BCUT2D eigenvalue weighted by Crippen LogP contribution is 2.26. The van der Waals surface area contributed by atoms with E-state index in [-0.39, 0.29) is 11.5 Å². The zero-order chi connectivity index (χ0) is 19.2. The number of nitrogens with zero attached hydrogens (tertiary/aromatic N) is 9. The van der Waals surface area contributed by atoms with E-state index in [1.54, 1.807) is 6.07 Å². The van der Waals surface area contributed by atoms with Gasteiger partial charge in [0.2, 0.25) is 0 Å². The molecule has 0 unspecified atom stereocenters. The zero-order valence-electron chi connectivity index (χ0n) is 15.8. The van der Waals surface area contributed by atoms with Crippen molar-refractivity contribution >= 4 is 17.3 Å². The lowest BCUT2D eigenvalue weighted by atomic mass is 9.96. The van der Waals surface area contributed by atoms with Crippen LogP contribution in [0.3, 0.4) is 0 Å². The molecule has 0 radical (unpaired) electrons. The monoisotopic (exact) mass is 363 g/mol. The number of nitriles is 1. The summed E-state index contributed by atoms with van der Waals surface area (Å²) < 4.78 is 1.82. The van der Waals surface area contributed by atoms with Crippen LogP contribution in [0.25, 0.3) is 5.65 Å². The maximum atomic E-state index is 9.26. The highest BCUT2D eigenvalue weighted by molar-refractivity contribution is 5.55. The molecule has 0 bridgehead atoms. The summed E-state index contributed by atoms with van der Waals surface area (Å²) in [4.78, 5) is 4.20. The van der Waals surface area contributed by atoms with Gasteiger partial charge in [-0.25, -0.2) is 0 Å². The van der Waals surface area contributed by atoms with Crippen LogP contribution >= 0.6 is 0 Å². The fraction of sp³-hybridized carbons (Fsp3) is 0.444. The molecular formula is C18H21N9. The van der Waals surface area contributed by atoms with E-state index in [0.717, 1.165) is 30.4 Å². The lowest BCUT2D eigenvalue weighted by molar-refractivity contribution is 0.482. The molecule has 1 aliphatic heterocycles. The third kappa shape index (κ3) is 2.93. The maximum Gasteiger partial charge on any atom is 0.178 e. The third-order valence-electron chi connectivity index (χ3n) is 4.81. The van der Waals surface area contributed by atoms with E-state index < -0.39 is 0 Å². The molecule has 27 heavy (non-hydrogen) atoms. The summed E-state index contributed by atoms with van der Waals surface area (Å²) in [6, 6.07) is 8.01. The first-order valence-corrected chi connectivity index (χ1v) is 8.81. The standard InChI is InChI=1S/C18H21N9/c1-18(2,3)17-23-21-14-5-6-15(24-27(14)17)26-10-13(11-26)25(4)16-12(9-19)7-8-20-22-16/h5-8,13H,10-11H2,1-4H3. The molecule has 1 fully saturated rings. The molecule has 4 heterocycles. The number of fused-ring (bicyclic) bond motifs is 1. The number of hydrogen-bond acceptors (Lipinski definition) is 8. The van der Waals surface area contributed by atoms with E-state index in [4.69, 9.17) is 5.10 Å². The van der Waals surface area contributed by atoms with Crippen molar-refractivity contribution in [3.05, 3.63) is 35.8 Å². The van der Waals surface area contributed by atoms with Gasteiger partial charge in [0.15, 0.2) is 17.3 Å². The molecule has 1 saturated heterocycles. The summed E-state index contributed by atoms with van der Waals surface area (Å²) in [6.07, 6.45) is 1.54. The summed E-state index contributed by atoms with van der Waals surface area (Å²) in [7, 11) is 1.95. The summed E-state index contributed by atoms with van der Waals surface area (Å²) in [5.41, 5.74) is 1.14. The predicted molar refractivity (Wildman–Crippen MR) is 101 cm³/mol. The first-order valence-electron chi connectivity index (χ1n) is 8.81. The number of likely N-dealkylation sites (N-methyl/N-ethyl adjacent to an activating group) is 1. The molecule has 3 aromatic rings. The summed E-state index contributed by atoms with van der Waals surface area (Å²) in [5, 5.41) is 30.5. The van der Waals surface area contributed by atoms with Gasteiger partial charge in [-0.2, -0.15) is 14.9 Å². The van der Waals surface area contributed by atoms with Crippen LogP contribution in [0, 0.1) is 11.3 Å². The Labute approximate surface area is 157 Å². The largest absolute Gasteiger partial charge is 0.351 e. The second-order valence-corrected chi connectivity index (χ2v) is 7.79. The molecule has 0 N–H and O–H groups in total. The summed E-state index contributed by atoms with van der Waals surface area (Å²) >= 11 is 0. The lowest BCUT2D eigenvalue weighted by Crippen LogP contribution is -2.59. The predicted octanol–water partition coefficient (Wildman–Crippen LogP) is 1.41. The Kier molecular flexibility index (Phi) is 3.91. The minimum Gasteiger partial charge on any atom is -0.351 e. The Bertz CT molecular complexity index is 1020. The van der Waals surface area contributed by atoms with E-state index in [9.17, 15) is 5.26 Å². The Morgan fingerprint density at radius 3 is 2.63 bits per heavy atom. The second-order valence-electron chi connectivity index (χ2n) is 7.79. The van der Waals surface area contributed by atoms with Crippen molar-refractivity contribution in [1.82, 2.24) is 30.0 Å². The van der Waals surface area contributed by atoms with Crippen LogP contribution in [0.4, 0.5) is 11.6 Å². The SMILES string of the molecule is CN(c1nnccc1C#N)C1CN(c2ccc3nnc(C(C)(C)C)n3n2)C1. The average molecular weight is 363 g/mol. The third-order valence-corrected chi connectivity index (χ3v) is 4.81. The van der Waals surface area contributed by atoms with Gasteiger partial charge in [0.05, 0.1) is 17.8 Å². The topological polar surface area (TPSA) is 99.1 Å². The first kappa shape index (κ1) is 17.1. The Balaban J connectivity index is 1.53. The molecule has 0 amide bonds. The van der Waals surface area contributed by atoms with Crippen molar-refractivity contribution in [1.29, 1.82) is 5.26 Å². The van der Waals surface area contributed by atoms with Crippen LogP contribution in [0.1, 0.15) is 32.2 Å². The van der Waals surface area contributed by atoms with Crippen molar-refractivity contribution in [3.63, 3.8) is 0 Å². The molecule has 0 atom stereocenters. The Morgan fingerprint density at radius 2 is 1.93 bits per heavy atom. The molecule has 138 valence electrons. The molecule has 1 aliphatic rings. The summed E-state index contributed by atoms with van der Waals surface area (Å²) in [6.45, 7) is 7.88. The van der Waals surface area contributed by atoms with Crippen molar-refractivity contribution in [2.75, 3.05) is 29.9 Å². The van der Waals surface area contributed by atoms with Crippen molar-refractivity contribution in [3.8, 4) is 6.07 Å². The summed E-state index contributed by atoms with van der Waals surface area (Å²) in [5.74, 6) is 2.34. The normalized spacial score (nSPS) is 14.9. The molecule has 0 spiro atoms. The molecular weight excluding hydrogens is 342 g/mol. The van der Waals surface area contributed by atoms with Crippen molar-refractivity contribution in [2.24, 2.45) is 0 Å². The molecule has 0 aromatic carbocycles. The van der Waals surface area contributed by atoms with E-state index in [0.29, 0.717) is 11.4 Å². The first-order chi connectivity index (χ1) is 12.9. The Morgan fingerprint density at radius 1 is 1.15 bits per heavy atom. The van der Waals surface area contributed by atoms with Crippen LogP contribution in [0.5, 0.6) is 0 Å². The van der Waals surface area contributed by atoms with Gasteiger partial charge in [0.1, 0.15) is 11.9 Å². The molecule has 9 nitrogen and oxygen atoms in total. The smallest absolute Gasteiger partial charge is 0.178 e. The number of anilines is 2. The van der Waals surface area contributed by atoms with Gasteiger partial charge >= 0.3 is 0 Å². The quantitative estimate of drug-likeness (QED) is 0.689. The molecule has 3 aromatic heterocycles. The van der Waals surface area contributed by atoms with Crippen molar-refractivity contribution in [2.45, 2.75) is 32.2 Å². The molecule has 0 aliphatic carbocycles. The van der Waals surface area contributed by atoms with Gasteiger partial charge < -0.3 is 9.80 Å². The van der Waals surface area contributed by atoms with Gasteiger partial charge in [0, 0.05) is 25.6 Å². The van der Waals surface area contributed by atoms with Crippen LogP contribution < -0.4 is 9.80 Å². The number of rotatable bonds is 3. The average Bonchev–Trinajstić information content (AvgIpc) is 3.04. The molecule has 9 heteroatoms. The van der Waals surface area contributed by atoms with Gasteiger partial charge in [-0.15, -0.1) is 20.4 Å². The number of aromatic nitrogens is 6. The highest BCUT2D eigenvalue weighted by atomic mass is 15.4. The van der Waals surface area contributed by atoms with Crippen molar-refractivity contribution < 1.29 is 0 Å². The Hall–Kier alpha value is -3.28. The highest BCUT2D eigenvalue weighted by Gasteiger charge is 2.33. The fourth-order valence-corrected chi connectivity index (χ4v) is 3.15. The zero-order valence-corrected chi connectivity index (χ0v) is 15.8. The molecule has 0 saturated carbocycles. The van der Waals surface area contributed by atoms with Gasteiger partial charge in [-0.1, -0.05) is 20.8 Å². The number of hydrogen-bond donors (Lipinski definition) is 0. The van der Waals surface area contributed by atoms with Gasteiger partial charge in [-0.3, -0.25) is 0 Å². The minimum absolute atomic E-state index is 0.136.